The molecule has 0 saturated carbocycles. The lowest BCUT2D eigenvalue weighted by atomic mass is 10.3. The Kier molecular flexibility index (Phi) is 2.89. The molecule has 2 nitrogen and oxygen atoms in total. The Labute approximate surface area is 74.1 Å². The molecule has 0 N–H and O–H groups in total. The van der Waals surface area contributed by atoms with E-state index in [0.29, 0.717) is 5.75 Å². The van der Waals surface area contributed by atoms with Crippen LogP contribution < -0.4 is 4.74 Å². The van der Waals surface area contributed by atoms with Gasteiger partial charge in [0.05, 0.1) is 0 Å². The summed E-state index contributed by atoms with van der Waals surface area (Å²) in [6, 6.07) is 6.95. The molecule has 0 radical (unpaired) electrons. The van der Waals surface area contributed by atoms with E-state index in [1.807, 2.05) is 0 Å². The van der Waals surface area contributed by atoms with Gasteiger partial charge in [-0.25, -0.2) is 4.39 Å². The highest BCUT2D eigenvalue weighted by molar-refractivity contribution is 6.21. The third kappa shape index (κ3) is 2.40. The molecule has 1 rings (SSSR count). The van der Waals surface area contributed by atoms with Gasteiger partial charge in [-0.05, 0) is 24.3 Å². The molecule has 0 amide bonds. The summed E-state index contributed by atoms with van der Waals surface area (Å²) in [7, 11) is 0. The minimum Gasteiger partial charge on any atom is -0.461 e. The van der Waals surface area contributed by atoms with Crippen LogP contribution in [0.4, 0.5) is 4.39 Å². The van der Waals surface area contributed by atoms with Crippen LogP contribution in [-0.4, -0.2) is 5.56 Å². The zero-order valence-corrected chi connectivity index (χ0v) is 6.75. The fourth-order valence-corrected chi connectivity index (χ4v) is 0.762. The third-order valence-corrected chi connectivity index (χ3v) is 1.34. The fraction of sp³-hybridized carbons (Fsp3) is 0.125. The number of ether oxygens (including phenoxy) is 1. The second kappa shape index (κ2) is 3.93. The van der Waals surface area contributed by atoms with E-state index in [1.165, 1.54) is 24.3 Å². The maximum atomic E-state index is 12.4. The van der Waals surface area contributed by atoms with Gasteiger partial charge in [0.2, 0.25) is 0 Å². The van der Waals surface area contributed by atoms with Crippen molar-refractivity contribution in [2.24, 2.45) is 0 Å². The van der Waals surface area contributed by atoms with Gasteiger partial charge in [0, 0.05) is 0 Å². The summed E-state index contributed by atoms with van der Waals surface area (Å²) >= 11 is 5.36. The molecule has 0 saturated heterocycles. The zero-order valence-electron chi connectivity index (χ0n) is 6.00. The number of nitrogens with zero attached hydrogens (tertiary/aromatic N) is 1. The number of hydrogen-bond acceptors (Lipinski definition) is 2. The molecular weight excluding hydrogens is 181 g/mol. The average Bonchev–Trinajstić information content (AvgIpc) is 2.09. The molecular formula is C8H5ClFNO. The van der Waals surface area contributed by atoms with E-state index >= 15 is 0 Å². The number of hydrogen-bond donors (Lipinski definition) is 0. The Morgan fingerprint density at radius 3 is 2.50 bits per heavy atom. The normalized spacial score (nSPS) is 11.8. The Hall–Kier alpha value is -1.27. The molecule has 1 unspecified atom stereocenters. The minimum absolute atomic E-state index is 0.356. The maximum absolute atomic E-state index is 12.4. The fourth-order valence-electron chi connectivity index (χ4n) is 0.659. The number of alkyl halides is 1. The Morgan fingerprint density at radius 1 is 1.42 bits per heavy atom. The van der Waals surface area contributed by atoms with Crippen molar-refractivity contribution in [3.63, 3.8) is 0 Å². The van der Waals surface area contributed by atoms with Gasteiger partial charge in [-0.15, -0.1) is 0 Å². The lowest BCUT2D eigenvalue weighted by Crippen LogP contribution is -2.04. The molecule has 0 fully saturated rings. The van der Waals surface area contributed by atoms with Crippen LogP contribution in [0.25, 0.3) is 0 Å². The summed E-state index contributed by atoms with van der Waals surface area (Å²) in [6.45, 7) is 0. The van der Waals surface area contributed by atoms with Gasteiger partial charge in [-0.1, -0.05) is 11.6 Å². The van der Waals surface area contributed by atoms with Gasteiger partial charge in [0.1, 0.15) is 17.6 Å². The molecule has 0 spiro atoms. The SMILES string of the molecule is N#CC(Cl)Oc1ccc(F)cc1. The molecule has 0 aliphatic heterocycles. The Morgan fingerprint density at radius 2 is 2.00 bits per heavy atom. The average molecular weight is 186 g/mol. The summed E-state index contributed by atoms with van der Waals surface area (Å²) in [4.78, 5) is 0. The third-order valence-electron chi connectivity index (χ3n) is 1.15. The quantitative estimate of drug-likeness (QED) is 0.663. The second-order valence-electron chi connectivity index (χ2n) is 2.02. The number of rotatable bonds is 2. The minimum atomic E-state index is -1.03. The lowest BCUT2D eigenvalue weighted by Gasteiger charge is -2.04. The number of benzene rings is 1. The van der Waals surface area contributed by atoms with Crippen LogP contribution in [0.2, 0.25) is 0 Å². The highest BCUT2D eigenvalue weighted by Gasteiger charge is 2.02. The molecule has 12 heavy (non-hydrogen) atoms. The largest absolute Gasteiger partial charge is 0.461 e. The van der Waals surface area contributed by atoms with Crippen molar-refractivity contribution >= 4 is 11.6 Å². The highest BCUT2D eigenvalue weighted by atomic mass is 35.5. The second-order valence-corrected chi connectivity index (χ2v) is 2.41. The highest BCUT2D eigenvalue weighted by Crippen LogP contribution is 2.13. The van der Waals surface area contributed by atoms with Crippen LogP contribution in [0.1, 0.15) is 0 Å². The van der Waals surface area contributed by atoms with Crippen LogP contribution in [-0.2, 0) is 0 Å². The van der Waals surface area contributed by atoms with E-state index in [0.717, 1.165) is 0 Å². The zero-order chi connectivity index (χ0) is 8.97. The molecule has 0 aliphatic rings. The van der Waals surface area contributed by atoms with Crippen molar-refractivity contribution in [3.05, 3.63) is 30.1 Å². The van der Waals surface area contributed by atoms with Crippen LogP contribution in [0.15, 0.2) is 24.3 Å². The Bertz CT molecular complexity index is 293. The first-order chi connectivity index (χ1) is 5.72. The van der Waals surface area contributed by atoms with E-state index in [9.17, 15) is 4.39 Å². The van der Waals surface area contributed by atoms with E-state index < -0.39 is 5.56 Å². The molecule has 0 heterocycles. The predicted octanol–water partition coefficient (Wildman–Crippen LogP) is 2.29. The predicted molar refractivity (Wildman–Crippen MR) is 42.3 cm³/mol. The van der Waals surface area contributed by atoms with Crippen molar-refractivity contribution in [1.29, 1.82) is 5.26 Å². The molecule has 0 aromatic heterocycles. The summed E-state index contributed by atoms with van der Waals surface area (Å²) in [5.74, 6) is 0.0170. The number of halogens is 2. The van der Waals surface area contributed by atoms with E-state index in [-0.39, 0.29) is 5.82 Å². The van der Waals surface area contributed by atoms with Gasteiger partial charge in [-0.2, -0.15) is 5.26 Å². The monoisotopic (exact) mass is 185 g/mol. The molecule has 1 aromatic rings. The maximum Gasteiger partial charge on any atom is 0.258 e. The van der Waals surface area contributed by atoms with E-state index in [2.05, 4.69) is 0 Å². The van der Waals surface area contributed by atoms with Gasteiger partial charge < -0.3 is 4.74 Å². The summed E-state index contributed by atoms with van der Waals surface area (Å²) < 4.78 is 17.2. The molecule has 1 atom stereocenters. The van der Waals surface area contributed by atoms with Crippen LogP contribution in [0.5, 0.6) is 5.75 Å². The van der Waals surface area contributed by atoms with Crippen molar-refractivity contribution < 1.29 is 9.13 Å². The first kappa shape index (κ1) is 8.82. The standard InChI is InChI=1S/C8H5ClFNO/c9-8(5-11)12-7-3-1-6(10)2-4-7/h1-4,8H. The first-order valence-electron chi connectivity index (χ1n) is 3.18. The van der Waals surface area contributed by atoms with Gasteiger partial charge >= 0.3 is 0 Å². The Balaban J connectivity index is 2.66. The van der Waals surface area contributed by atoms with E-state index in [4.69, 9.17) is 21.6 Å². The summed E-state index contributed by atoms with van der Waals surface area (Å²) in [5, 5.41) is 8.27. The van der Waals surface area contributed by atoms with Crippen molar-refractivity contribution in [3.8, 4) is 11.8 Å². The topological polar surface area (TPSA) is 33.0 Å². The van der Waals surface area contributed by atoms with Gasteiger partial charge in [0.15, 0.2) is 0 Å². The van der Waals surface area contributed by atoms with Crippen molar-refractivity contribution in [2.75, 3.05) is 0 Å². The van der Waals surface area contributed by atoms with Crippen molar-refractivity contribution in [2.45, 2.75) is 5.56 Å². The van der Waals surface area contributed by atoms with E-state index in [1.54, 1.807) is 6.07 Å². The van der Waals surface area contributed by atoms with Crippen LogP contribution >= 0.6 is 11.6 Å². The van der Waals surface area contributed by atoms with Gasteiger partial charge in [-0.3, -0.25) is 0 Å². The van der Waals surface area contributed by atoms with Crippen LogP contribution in [0.3, 0.4) is 0 Å². The van der Waals surface area contributed by atoms with Gasteiger partial charge in [0.25, 0.3) is 5.56 Å². The lowest BCUT2D eigenvalue weighted by molar-refractivity contribution is 0.331. The molecule has 0 bridgehead atoms. The molecule has 1 aromatic carbocycles. The summed E-state index contributed by atoms with van der Waals surface area (Å²) in [5.41, 5.74) is -1.03. The first-order valence-corrected chi connectivity index (χ1v) is 3.62. The number of nitriles is 1. The molecule has 4 heteroatoms. The van der Waals surface area contributed by atoms with Crippen molar-refractivity contribution in [1.82, 2.24) is 0 Å². The van der Waals surface area contributed by atoms with Crippen LogP contribution in [0, 0.1) is 17.1 Å². The smallest absolute Gasteiger partial charge is 0.258 e. The summed E-state index contributed by atoms with van der Waals surface area (Å²) in [6.07, 6.45) is 0. The molecule has 62 valence electrons. The molecule has 0 aliphatic carbocycles.